The van der Waals surface area contributed by atoms with Gasteiger partial charge < -0.3 is 15.2 Å². The van der Waals surface area contributed by atoms with E-state index in [0.29, 0.717) is 18.2 Å². The molecule has 0 bridgehead atoms. The number of ether oxygens (including phenoxy) is 1. The van der Waals surface area contributed by atoms with Gasteiger partial charge in [0.25, 0.3) is 0 Å². The Kier molecular flexibility index (Phi) is 4.48. The SMILES string of the molecule is CCNc1nc(Cl)nc(Oc2ccc(CO)cc2)n1. The number of benzene rings is 1. The predicted molar refractivity (Wildman–Crippen MR) is 71.4 cm³/mol. The Balaban J connectivity index is 2.17. The zero-order chi connectivity index (χ0) is 13.7. The third kappa shape index (κ3) is 3.77. The normalized spacial score (nSPS) is 10.3. The van der Waals surface area contributed by atoms with Gasteiger partial charge in [0, 0.05) is 6.54 Å². The molecule has 2 N–H and O–H groups in total. The summed E-state index contributed by atoms with van der Waals surface area (Å²) >= 11 is 5.78. The number of nitrogens with one attached hydrogen (secondary N) is 1. The lowest BCUT2D eigenvalue weighted by Gasteiger charge is -2.06. The van der Waals surface area contributed by atoms with Gasteiger partial charge in [0.2, 0.25) is 11.2 Å². The molecule has 0 aliphatic carbocycles. The summed E-state index contributed by atoms with van der Waals surface area (Å²) < 4.78 is 5.48. The van der Waals surface area contributed by atoms with Gasteiger partial charge in [-0.3, -0.25) is 0 Å². The number of aromatic nitrogens is 3. The van der Waals surface area contributed by atoms with E-state index in [4.69, 9.17) is 21.4 Å². The number of aliphatic hydroxyl groups excluding tert-OH is 1. The topological polar surface area (TPSA) is 80.2 Å². The summed E-state index contributed by atoms with van der Waals surface area (Å²) in [4.78, 5) is 11.9. The fraction of sp³-hybridized carbons (Fsp3) is 0.250. The molecule has 0 fully saturated rings. The van der Waals surface area contributed by atoms with Gasteiger partial charge in [0.05, 0.1) is 6.61 Å². The van der Waals surface area contributed by atoms with Gasteiger partial charge >= 0.3 is 6.01 Å². The van der Waals surface area contributed by atoms with Crippen LogP contribution in [0.3, 0.4) is 0 Å². The summed E-state index contributed by atoms with van der Waals surface area (Å²) in [6.07, 6.45) is 0. The van der Waals surface area contributed by atoms with E-state index in [0.717, 1.165) is 5.56 Å². The molecule has 0 atom stereocenters. The van der Waals surface area contributed by atoms with Gasteiger partial charge in [-0.05, 0) is 36.2 Å². The maximum absolute atomic E-state index is 8.95. The summed E-state index contributed by atoms with van der Waals surface area (Å²) in [7, 11) is 0. The fourth-order valence-corrected chi connectivity index (χ4v) is 1.54. The zero-order valence-corrected chi connectivity index (χ0v) is 11.1. The summed E-state index contributed by atoms with van der Waals surface area (Å²) in [6.45, 7) is 2.58. The molecule has 6 nitrogen and oxygen atoms in total. The van der Waals surface area contributed by atoms with Crippen LogP contribution in [0.1, 0.15) is 12.5 Å². The van der Waals surface area contributed by atoms with E-state index in [-0.39, 0.29) is 17.9 Å². The number of hydrogen-bond donors (Lipinski definition) is 2. The minimum Gasteiger partial charge on any atom is -0.424 e. The molecule has 1 aromatic carbocycles. The van der Waals surface area contributed by atoms with Gasteiger partial charge in [-0.2, -0.15) is 15.0 Å². The molecule has 0 aliphatic rings. The summed E-state index contributed by atoms with van der Waals surface area (Å²) in [5.74, 6) is 0.923. The Labute approximate surface area is 115 Å². The molecule has 0 radical (unpaired) electrons. The van der Waals surface area contributed by atoms with Crippen LogP contribution in [-0.2, 0) is 6.61 Å². The molecule has 1 heterocycles. The highest BCUT2D eigenvalue weighted by Gasteiger charge is 2.06. The number of rotatable bonds is 5. The van der Waals surface area contributed by atoms with E-state index in [1.807, 2.05) is 6.92 Å². The number of hydrogen-bond acceptors (Lipinski definition) is 6. The van der Waals surface area contributed by atoms with Gasteiger partial charge in [0.1, 0.15) is 5.75 Å². The van der Waals surface area contributed by atoms with Crippen molar-refractivity contribution in [2.24, 2.45) is 0 Å². The van der Waals surface area contributed by atoms with Gasteiger partial charge in [-0.1, -0.05) is 12.1 Å². The molecule has 2 aromatic rings. The van der Waals surface area contributed by atoms with Crippen LogP contribution in [0.25, 0.3) is 0 Å². The quantitative estimate of drug-likeness (QED) is 0.874. The van der Waals surface area contributed by atoms with Crippen molar-refractivity contribution in [2.75, 3.05) is 11.9 Å². The molecule has 0 saturated heterocycles. The maximum Gasteiger partial charge on any atom is 0.328 e. The van der Waals surface area contributed by atoms with Crippen molar-refractivity contribution in [1.82, 2.24) is 15.0 Å². The largest absolute Gasteiger partial charge is 0.424 e. The Hall–Kier alpha value is -1.92. The van der Waals surface area contributed by atoms with E-state index >= 15 is 0 Å². The highest BCUT2D eigenvalue weighted by molar-refractivity contribution is 6.28. The van der Waals surface area contributed by atoms with Crippen LogP contribution in [0.4, 0.5) is 5.95 Å². The molecule has 0 amide bonds. The van der Waals surface area contributed by atoms with Crippen LogP contribution in [0, 0.1) is 0 Å². The summed E-state index contributed by atoms with van der Waals surface area (Å²) in [6, 6.07) is 7.06. The summed E-state index contributed by atoms with van der Waals surface area (Å²) in [5, 5.41) is 11.9. The van der Waals surface area contributed by atoms with Gasteiger partial charge in [-0.25, -0.2) is 0 Å². The first-order valence-electron chi connectivity index (χ1n) is 5.74. The van der Waals surface area contributed by atoms with Crippen molar-refractivity contribution < 1.29 is 9.84 Å². The van der Waals surface area contributed by atoms with Crippen molar-refractivity contribution in [3.8, 4) is 11.8 Å². The molecule has 7 heteroatoms. The average Bonchev–Trinajstić information content (AvgIpc) is 2.39. The summed E-state index contributed by atoms with van der Waals surface area (Å²) in [5.41, 5.74) is 0.800. The first kappa shape index (κ1) is 13.5. The van der Waals surface area contributed by atoms with Gasteiger partial charge in [0.15, 0.2) is 0 Å². The van der Waals surface area contributed by atoms with Crippen LogP contribution in [0.15, 0.2) is 24.3 Å². The Morgan fingerprint density at radius 3 is 2.58 bits per heavy atom. The van der Waals surface area contributed by atoms with Crippen molar-refractivity contribution in [3.63, 3.8) is 0 Å². The number of halogens is 1. The molecule has 0 spiro atoms. The number of nitrogens with zero attached hydrogens (tertiary/aromatic N) is 3. The minimum absolute atomic E-state index is 0.0115. The van der Waals surface area contributed by atoms with E-state index in [2.05, 4.69) is 20.3 Å². The monoisotopic (exact) mass is 280 g/mol. The molecular weight excluding hydrogens is 268 g/mol. The smallest absolute Gasteiger partial charge is 0.328 e. The molecule has 0 aliphatic heterocycles. The lowest BCUT2D eigenvalue weighted by Crippen LogP contribution is -2.04. The van der Waals surface area contributed by atoms with E-state index in [1.165, 1.54) is 0 Å². The molecule has 100 valence electrons. The van der Waals surface area contributed by atoms with E-state index < -0.39 is 0 Å². The fourth-order valence-electron chi connectivity index (χ4n) is 1.38. The van der Waals surface area contributed by atoms with Crippen molar-refractivity contribution in [1.29, 1.82) is 0 Å². The van der Waals surface area contributed by atoms with E-state index in [9.17, 15) is 0 Å². The molecular formula is C12H13ClN4O2. The highest BCUT2D eigenvalue weighted by Crippen LogP contribution is 2.20. The third-order valence-electron chi connectivity index (χ3n) is 2.24. The van der Waals surface area contributed by atoms with Crippen molar-refractivity contribution in [3.05, 3.63) is 35.1 Å². The second kappa shape index (κ2) is 6.31. The zero-order valence-electron chi connectivity index (χ0n) is 10.3. The second-order valence-corrected chi connectivity index (χ2v) is 3.98. The second-order valence-electron chi connectivity index (χ2n) is 3.65. The lowest BCUT2D eigenvalue weighted by atomic mass is 10.2. The van der Waals surface area contributed by atoms with Crippen LogP contribution < -0.4 is 10.1 Å². The predicted octanol–water partition coefficient (Wildman–Crippen LogP) is 2.24. The first-order valence-corrected chi connectivity index (χ1v) is 6.12. The molecule has 0 saturated carbocycles. The Morgan fingerprint density at radius 1 is 1.21 bits per heavy atom. The minimum atomic E-state index is -0.0115. The van der Waals surface area contributed by atoms with Gasteiger partial charge in [-0.15, -0.1) is 0 Å². The average molecular weight is 281 g/mol. The molecule has 0 unspecified atom stereocenters. The van der Waals surface area contributed by atoms with E-state index in [1.54, 1.807) is 24.3 Å². The number of anilines is 1. The van der Waals surface area contributed by atoms with Crippen LogP contribution in [-0.4, -0.2) is 26.6 Å². The van der Waals surface area contributed by atoms with Crippen LogP contribution in [0.5, 0.6) is 11.8 Å². The maximum atomic E-state index is 8.95. The molecule has 2 rings (SSSR count). The lowest BCUT2D eigenvalue weighted by molar-refractivity contribution is 0.281. The van der Waals surface area contributed by atoms with Crippen LogP contribution in [0.2, 0.25) is 5.28 Å². The Bertz CT molecular complexity index is 548. The van der Waals surface area contributed by atoms with Crippen molar-refractivity contribution in [2.45, 2.75) is 13.5 Å². The third-order valence-corrected chi connectivity index (χ3v) is 2.41. The molecule has 19 heavy (non-hydrogen) atoms. The highest BCUT2D eigenvalue weighted by atomic mass is 35.5. The standard InChI is InChI=1S/C12H13ClN4O2/c1-2-14-11-15-10(13)16-12(17-11)19-9-5-3-8(7-18)4-6-9/h3-6,18H,2,7H2,1H3,(H,14,15,16,17). The number of aliphatic hydroxyl groups is 1. The van der Waals surface area contributed by atoms with Crippen molar-refractivity contribution >= 4 is 17.5 Å². The van der Waals surface area contributed by atoms with Crippen LogP contribution >= 0.6 is 11.6 Å². The Morgan fingerprint density at radius 2 is 1.95 bits per heavy atom. The molecule has 1 aromatic heterocycles. The first-order chi connectivity index (χ1) is 9.21.